The summed E-state index contributed by atoms with van der Waals surface area (Å²) in [6.07, 6.45) is 6.42. The van der Waals surface area contributed by atoms with Crippen LogP contribution in [0.2, 0.25) is 0 Å². The Bertz CT molecular complexity index is 370. The second-order valence-electron chi connectivity index (χ2n) is 3.98. The number of nitrogens with zero attached hydrogens (tertiary/aromatic N) is 1. The summed E-state index contributed by atoms with van der Waals surface area (Å²) in [5.74, 6) is -0.771. The van der Waals surface area contributed by atoms with E-state index in [-0.39, 0.29) is 23.4 Å². The molecule has 1 heterocycles. The number of amides is 1. The van der Waals surface area contributed by atoms with Gasteiger partial charge in [-0.05, 0) is 13.3 Å². The van der Waals surface area contributed by atoms with E-state index < -0.39 is 5.97 Å². The van der Waals surface area contributed by atoms with Gasteiger partial charge in [-0.1, -0.05) is 18.2 Å². The van der Waals surface area contributed by atoms with Gasteiger partial charge in [-0.25, -0.2) is 4.79 Å². The van der Waals surface area contributed by atoms with Gasteiger partial charge in [0.2, 0.25) is 5.91 Å². The molecule has 0 saturated carbocycles. The highest BCUT2D eigenvalue weighted by molar-refractivity contribution is 5.87. The lowest BCUT2D eigenvalue weighted by molar-refractivity contribution is -0.133. The van der Waals surface area contributed by atoms with Crippen LogP contribution in [0.15, 0.2) is 23.8 Å². The summed E-state index contributed by atoms with van der Waals surface area (Å²) in [6, 6.07) is 0.181. The van der Waals surface area contributed by atoms with Gasteiger partial charge in [0.05, 0.1) is 12.0 Å². The van der Waals surface area contributed by atoms with Crippen molar-refractivity contribution in [2.24, 2.45) is 5.92 Å². The predicted molar refractivity (Wildman–Crippen MR) is 54.1 cm³/mol. The van der Waals surface area contributed by atoms with Gasteiger partial charge in [-0.2, -0.15) is 0 Å². The van der Waals surface area contributed by atoms with Crippen LogP contribution in [-0.4, -0.2) is 34.5 Å². The van der Waals surface area contributed by atoms with E-state index in [2.05, 4.69) is 0 Å². The van der Waals surface area contributed by atoms with Crippen LogP contribution in [0.4, 0.5) is 0 Å². The third-order valence-electron chi connectivity index (χ3n) is 2.99. The second-order valence-corrected chi connectivity index (χ2v) is 3.98. The zero-order valence-corrected chi connectivity index (χ0v) is 8.51. The summed E-state index contributed by atoms with van der Waals surface area (Å²) in [7, 11) is 0. The van der Waals surface area contributed by atoms with Crippen molar-refractivity contribution in [1.82, 2.24) is 4.90 Å². The van der Waals surface area contributed by atoms with E-state index in [1.54, 1.807) is 11.0 Å². The molecule has 2 bridgehead atoms. The first-order chi connectivity index (χ1) is 7.09. The van der Waals surface area contributed by atoms with Crippen molar-refractivity contribution < 1.29 is 14.7 Å². The molecule has 2 rings (SSSR count). The maximum atomic E-state index is 11.6. The third-order valence-corrected chi connectivity index (χ3v) is 2.99. The van der Waals surface area contributed by atoms with E-state index in [9.17, 15) is 9.59 Å². The van der Waals surface area contributed by atoms with Gasteiger partial charge < -0.3 is 10.0 Å². The fourth-order valence-corrected chi connectivity index (χ4v) is 2.02. The summed E-state index contributed by atoms with van der Waals surface area (Å²) < 4.78 is 0. The number of carbonyl (C=O) groups excluding carboxylic acids is 1. The van der Waals surface area contributed by atoms with Crippen LogP contribution in [0.1, 0.15) is 13.3 Å². The van der Waals surface area contributed by atoms with E-state index >= 15 is 0 Å². The van der Waals surface area contributed by atoms with Gasteiger partial charge >= 0.3 is 5.97 Å². The average Bonchev–Trinajstić information content (AvgIpc) is 2.75. The molecule has 0 aromatic carbocycles. The number of hydrogen-bond donors (Lipinski definition) is 1. The summed E-state index contributed by atoms with van der Waals surface area (Å²) in [6.45, 7) is 1.94. The molecule has 15 heavy (non-hydrogen) atoms. The lowest BCUT2D eigenvalue weighted by Gasteiger charge is -2.22. The molecule has 2 atom stereocenters. The number of rotatable bonds is 3. The first-order valence-corrected chi connectivity index (χ1v) is 4.98. The maximum Gasteiger partial charge on any atom is 0.331 e. The van der Waals surface area contributed by atoms with Crippen LogP contribution >= 0.6 is 0 Å². The molecule has 0 aromatic heterocycles. The first-order valence-electron chi connectivity index (χ1n) is 4.98. The Kier molecular flexibility index (Phi) is 2.34. The molecule has 1 fully saturated rings. The van der Waals surface area contributed by atoms with Crippen LogP contribution < -0.4 is 0 Å². The Balaban J connectivity index is 2.02. The van der Waals surface area contributed by atoms with Gasteiger partial charge in [0.15, 0.2) is 0 Å². The van der Waals surface area contributed by atoms with E-state index in [1.807, 2.05) is 12.2 Å². The number of carboxylic acids is 1. The molecule has 1 saturated heterocycles. The Morgan fingerprint density at radius 3 is 2.93 bits per heavy atom. The Morgan fingerprint density at radius 1 is 1.67 bits per heavy atom. The Morgan fingerprint density at radius 2 is 2.40 bits per heavy atom. The Hall–Kier alpha value is -1.58. The summed E-state index contributed by atoms with van der Waals surface area (Å²) in [5.41, 5.74) is 0.287. The Labute approximate surface area is 87.9 Å². The van der Waals surface area contributed by atoms with Crippen molar-refractivity contribution in [3.05, 3.63) is 23.8 Å². The minimum absolute atomic E-state index is 0.0357. The highest BCUT2D eigenvalue weighted by Crippen LogP contribution is 2.32. The van der Waals surface area contributed by atoms with Crippen LogP contribution in [0, 0.1) is 5.92 Å². The van der Waals surface area contributed by atoms with E-state index in [1.165, 1.54) is 6.92 Å². The smallest absolute Gasteiger partial charge is 0.331 e. The maximum absolute atomic E-state index is 11.6. The molecule has 0 radical (unpaired) electrons. The van der Waals surface area contributed by atoms with Gasteiger partial charge in [0, 0.05) is 12.1 Å². The molecular formula is C11H13NO3. The number of fused-ring (bicyclic) bond motifs is 2. The third kappa shape index (κ3) is 1.67. The normalized spacial score (nSPS) is 29.0. The topological polar surface area (TPSA) is 57.6 Å². The van der Waals surface area contributed by atoms with Gasteiger partial charge in [-0.3, -0.25) is 4.79 Å². The van der Waals surface area contributed by atoms with Crippen LogP contribution in [-0.2, 0) is 9.59 Å². The largest absolute Gasteiger partial charge is 0.478 e. The van der Waals surface area contributed by atoms with Crippen LogP contribution in [0.25, 0.3) is 0 Å². The van der Waals surface area contributed by atoms with Crippen molar-refractivity contribution >= 4 is 11.9 Å². The van der Waals surface area contributed by atoms with Crippen molar-refractivity contribution in [3.63, 3.8) is 0 Å². The average molecular weight is 207 g/mol. The minimum atomic E-state index is -0.928. The molecule has 1 aliphatic heterocycles. The molecule has 1 amide bonds. The molecule has 4 nitrogen and oxygen atoms in total. The molecule has 80 valence electrons. The molecule has 1 aliphatic carbocycles. The molecule has 4 heteroatoms. The zero-order valence-electron chi connectivity index (χ0n) is 8.51. The molecular weight excluding hydrogens is 194 g/mol. The number of carbonyl (C=O) groups is 2. The number of aliphatic carboxylic acids is 1. The lowest BCUT2D eigenvalue weighted by Crippen LogP contribution is -2.34. The minimum Gasteiger partial charge on any atom is -0.478 e. The zero-order chi connectivity index (χ0) is 11.0. The second kappa shape index (κ2) is 3.53. The summed E-state index contributed by atoms with van der Waals surface area (Å²) in [4.78, 5) is 23.9. The standard InChI is InChI=1S/C11H13NO3/c1-7(11(14)15)4-5-12-9-3-2-8(6-9)10(12)13/h2-4,8-9H,5-6H2,1H3,(H,14,15)/b7-4-. The van der Waals surface area contributed by atoms with Gasteiger partial charge in [0.25, 0.3) is 0 Å². The summed E-state index contributed by atoms with van der Waals surface area (Å²) in [5, 5.41) is 8.67. The lowest BCUT2D eigenvalue weighted by atomic mass is 10.1. The van der Waals surface area contributed by atoms with Crippen molar-refractivity contribution in [2.75, 3.05) is 6.54 Å². The van der Waals surface area contributed by atoms with Gasteiger partial charge in [0.1, 0.15) is 0 Å². The molecule has 2 unspecified atom stereocenters. The van der Waals surface area contributed by atoms with Crippen molar-refractivity contribution in [2.45, 2.75) is 19.4 Å². The van der Waals surface area contributed by atoms with E-state index in [4.69, 9.17) is 5.11 Å². The fourth-order valence-electron chi connectivity index (χ4n) is 2.02. The van der Waals surface area contributed by atoms with E-state index in [0.717, 1.165) is 6.42 Å². The molecule has 1 N–H and O–H groups in total. The number of hydrogen-bond acceptors (Lipinski definition) is 2. The fraction of sp³-hybridized carbons (Fsp3) is 0.455. The molecule has 0 aromatic rings. The monoisotopic (exact) mass is 207 g/mol. The summed E-state index contributed by atoms with van der Waals surface area (Å²) >= 11 is 0. The number of likely N-dealkylation sites (tertiary alicyclic amines) is 1. The molecule has 2 aliphatic rings. The highest BCUT2D eigenvalue weighted by Gasteiger charge is 2.40. The first kappa shape index (κ1) is 9.96. The molecule has 0 spiro atoms. The van der Waals surface area contributed by atoms with Crippen molar-refractivity contribution in [1.29, 1.82) is 0 Å². The number of carboxylic acid groups (broad SMARTS) is 1. The quantitative estimate of drug-likeness (QED) is 0.550. The van der Waals surface area contributed by atoms with Crippen molar-refractivity contribution in [3.8, 4) is 0 Å². The van der Waals surface area contributed by atoms with E-state index in [0.29, 0.717) is 6.54 Å². The van der Waals surface area contributed by atoms with Crippen LogP contribution in [0.3, 0.4) is 0 Å². The van der Waals surface area contributed by atoms with Crippen LogP contribution in [0.5, 0.6) is 0 Å². The SMILES string of the molecule is C/C(=C/CN1C(=O)C2C=CC1C2)C(=O)O. The van der Waals surface area contributed by atoms with Gasteiger partial charge in [-0.15, -0.1) is 0 Å². The highest BCUT2D eigenvalue weighted by atomic mass is 16.4. The predicted octanol–water partition coefficient (Wildman–Crippen LogP) is 0.804.